The van der Waals surface area contributed by atoms with Crippen LogP contribution in [0.15, 0.2) is 64.0 Å². The molecule has 2 aliphatic rings. The van der Waals surface area contributed by atoms with Crippen LogP contribution in [-0.4, -0.2) is 29.6 Å². The molecule has 21 heavy (non-hydrogen) atoms. The minimum absolute atomic E-state index is 0.159. The fourth-order valence-electron chi connectivity index (χ4n) is 2.63. The third-order valence-electron chi connectivity index (χ3n) is 3.59. The van der Waals surface area contributed by atoms with E-state index in [2.05, 4.69) is 10.3 Å². The molecular weight excluding hydrogens is 266 g/mol. The lowest BCUT2D eigenvalue weighted by Gasteiger charge is -2.31. The average Bonchev–Trinajstić information content (AvgIpc) is 3.19. The summed E-state index contributed by atoms with van der Waals surface area (Å²) >= 11 is 0. The number of anilines is 1. The van der Waals surface area contributed by atoms with E-state index in [0.717, 1.165) is 36.0 Å². The first-order valence-electron chi connectivity index (χ1n) is 6.81. The minimum Gasteiger partial charge on any atom is -0.461 e. The Balaban J connectivity index is 1.75. The first-order valence-corrected chi connectivity index (χ1v) is 6.81. The molecule has 0 spiro atoms. The summed E-state index contributed by atoms with van der Waals surface area (Å²) in [6.45, 7) is 1.51. The molecule has 1 aromatic carbocycles. The van der Waals surface area contributed by atoms with Gasteiger partial charge in [-0.25, -0.2) is 0 Å². The topological polar surface area (TPSA) is 57.8 Å². The minimum atomic E-state index is -0.159. The monoisotopic (exact) mass is 279 g/mol. The summed E-state index contributed by atoms with van der Waals surface area (Å²) in [5, 5.41) is 3.30. The van der Waals surface area contributed by atoms with Crippen molar-refractivity contribution < 1.29 is 9.21 Å². The number of para-hydroxylation sites is 1. The molecule has 3 heterocycles. The summed E-state index contributed by atoms with van der Waals surface area (Å²) in [6.07, 6.45) is 3.06. The Morgan fingerprint density at radius 1 is 1.29 bits per heavy atom. The highest BCUT2D eigenvalue weighted by molar-refractivity contribution is 6.09. The number of hydrogen-bond donors (Lipinski definition) is 1. The summed E-state index contributed by atoms with van der Waals surface area (Å²) < 4.78 is 5.15. The molecule has 1 aromatic heterocycles. The van der Waals surface area contributed by atoms with Crippen LogP contribution < -0.4 is 5.32 Å². The number of nitrogens with one attached hydrogen (secondary N) is 1. The van der Waals surface area contributed by atoms with E-state index in [1.165, 1.54) is 6.26 Å². The maximum absolute atomic E-state index is 12.2. The van der Waals surface area contributed by atoms with E-state index in [4.69, 9.17) is 4.42 Å². The molecule has 0 aliphatic carbocycles. The van der Waals surface area contributed by atoms with Gasteiger partial charge in [0.25, 0.3) is 0 Å². The number of ketones is 1. The lowest BCUT2D eigenvalue weighted by Crippen LogP contribution is -2.36. The van der Waals surface area contributed by atoms with Gasteiger partial charge in [0, 0.05) is 18.2 Å². The number of benzene rings is 1. The third-order valence-corrected chi connectivity index (χ3v) is 3.59. The average molecular weight is 279 g/mol. The fraction of sp³-hybridized carbons (Fsp3) is 0.125. The van der Waals surface area contributed by atoms with Gasteiger partial charge in [-0.05, 0) is 24.3 Å². The van der Waals surface area contributed by atoms with E-state index in [9.17, 15) is 4.79 Å². The summed E-state index contributed by atoms with van der Waals surface area (Å²) in [4.78, 5) is 18.8. The van der Waals surface area contributed by atoms with E-state index in [0.29, 0.717) is 5.76 Å². The van der Waals surface area contributed by atoms with Gasteiger partial charge < -0.3 is 14.6 Å². The maximum Gasteiger partial charge on any atom is 0.224 e. The molecular formula is C16H13N3O2. The number of carbonyl (C=O) groups excluding carboxylic acids is 1. The van der Waals surface area contributed by atoms with Crippen LogP contribution in [0.3, 0.4) is 0 Å². The normalized spacial score (nSPS) is 18.0. The van der Waals surface area contributed by atoms with Crippen molar-refractivity contribution in [2.24, 2.45) is 4.99 Å². The van der Waals surface area contributed by atoms with E-state index in [1.54, 1.807) is 18.2 Å². The van der Waals surface area contributed by atoms with Gasteiger partial charge >= 0.3 is 0 Å². The Kier molecular flexibility index (Phi) is 2.64. The van der Waals surface area contributed by atoms with Gasteiger partial charge in [0.2, 0.25) is 5.78 Å². The molecule has 0 fully saturated rings. The molecule has 0 bridgehead atoms. The van der Waals surface area contributed by atoms with Gasteiger partial charge in [-0.1, -0.05) is 12.1 Å². The van der Waals surface area contributed by atoms with Crippen molar-refractivity contribution in [1.82, 2.24) is 4.90 Å². The molecule has 1 N–H and O–H groups in total. The van der Waals surface area contributed by atoms with Gasteiger partial charge in [0.05, 0.1) is 18.5 Å². The third kappa shape index (κ3) is 1.94. The molecule has 5 nitrogen and oxygen atoms in total. The zero-order valence-corrected chi connectivity index (χ0v) is 11.2. The lowest BCUT2D eigenvalue weighted by atomic mass is 10.1. The van der Waals surface area contributed by atoms with Gasteiger partial charge in [-0.3, -0.25) is 9.79 Å². The first kappa shape index (κ1) is 12.0. The van der Waals surface area contributed by atoms with Crippen molar-refractivity contribution in [3.8, 4) is 0 Å². The highest BCUT2D eigenvalue weighted by Gasteiger charge is 2.29. The molecule has 2 aromatic rings. The van der Waals surface area contributed by atoms with Crippen molar-refractivity contribution in [3.05, 3.63) is 65.9 Å². The number of nitrogens with zero attached hydrogens (tertiary/aromatic N) is 2. The second-order valence-corrected chi connectivity index (χ2v) is 4.90. The Labute approximate surface area is 121 Å². The van der Waals surface area contributed by atoms with Crippen molar-refractivity contribution in [3.63, 3.8) is 0 Å². The highest BCUT2D eigenvalue weighted by Crippen LogP contribution is 2.29. The van der Waals surface area contributed by atoms with Gasteiger partial charge in [0.1, 0.15) is 11.7 Å². The number of hydrogen-bond acceptors (Lipinski definition) is 5. The molecule has 5 heteroatoms. The maximum atomic E-state index is 12.2. The molecule has 0 amide bonds. The number of carbonyl (C=O) groups is 1. The number of amidine groups is 1. The quantitative estimate of drug-likeness (QED) is 0.678. The predicted molar refractivity (Wildman–Crippen MR) is 79.3 cm³/mol. The largest absolute Gasteiger partial charge is 0.461 e. The number of fused-ring (bicyclic) bond motifs is 3. The molecule has 0 radical (unpaired) electrons. The first-order chi connectivity index (χ1) is 10.3. The van der Waals surface area contributed by atoms with Crippen LogP contribution in [-0.2, 0) is 0 Å². The van der Waals surface area contributed by atoms with Crippen molar-refractivity contribution in [2.75, 3.05) is 18.4 Å². The van der Waals surface area contributed by atoms with Gasteiger partial charge in [-0.15, -0.1) is 0 Å². The van der Waals surface area contributed by atoms with Crippen LogP contribution in [0, 0.1) is 0 Å². The van der Waals surface area contributed by atoms with E-state index in [1.807, 2.05) is 29.2 Å². The number of rotatable bonds is 2. The summed E-state index contributed by atoms with van der Waals surface area (Å²) in [5.74, 6) is 1.84. The van der Waals surface area contributed by atoms with Crippen LogP contribution in [0.4, 0.5) is 5.69 Å². The van der Waals surface area contributed by atoms with E-state index < -0.39 is 0 Å². The summed E-state index contributed by atoms with van der Waals surface area (Å²) in [7, 11) is 0. The van der Waals surface area contributed by atoms with Crippen LogP contribution in [0.5, 0.6) is 0 Å². The molecule has 0 saturated carbocycles. The van der Waals surface area contributed by atoms with Gasteiger partial charge in [-0.2, -0.15) is 0 Å². The van der Waals surface area contributed by atoms with Crippen molar-refractivity contribution >= 4 is 17.3 Å². The molecule has 4 rings (SSSR count). The van der Waals surface area contributed by atoms with Crippen molar-refractivity contribution in [1.29, 1.82) is 0 Å². The number of allylic oxidation sites excluding steroid dienone is 1. The standard InChI is InChI=1S/C16H13N3O2/c20-13(14-6-3-9-21-14)10-15-18-12-5-2-1-4-11(12)16-17-7-8-19(15)16/h1-6,9-10,18H,7-8H2/b15-10+. The fourth-order valence-corrected chi connectivity index (χ4v) is 2.63. The van der Waals surface area contributed by atoms with Crippen LogP contribution in [0.25, 0.3) is 0 Å². The summed E-state index contributed by atoms with van der Waals surface area (Å²) in [5.41, 5.74) is 2.03. The Morgan fingerprint density at radius 3 is 3.05 bits per heavy atom. The molecule has 104 valence electrons. The van der Waals surface area contributed by atoms with Crippen LogP contribution >= 0.6 is 0 Å². The zero-order valence-electron chi connectivity index (χ0n) is 11.2. The molecule has 0 atom stereocenters. The molecule has 0 saturated heterocycles. The second kappa shape index (κ2) is 4.63. The van der Waals surface area contributed by atoms with E-state index >= 15 is 0 Å². The van der Waals surface area contributed by atoms with Gasteiger partial charge in [0.15, 0.2) is 5.76 Å². The van der Waals surface area contributed by atoms with Crippen molar-refractivity contribution in [2.45, 2.75) is 0 Å². The predicted octanol–water partition coefficient (Wildman–Crippen LogP) is 2.49. The second-order valence-electron chi connectivity index (χ2n) is 4.90. The van der Waals surface area contributed by atoms with Crippen LogP contribution in [0.2, 0.25) is 0 Å². The van der Waals surface area contributed by atoms with E-state index in [-0.39, 0.29) is 5.78 Å². The zero-order chi connectivity index (χ0) is 14.2. The SMILES string of the molecule is O=C(/C=C1\Nc2ccccc2C2=NCCN21)c1ccco1. The Hall–Kier alpha value is -2.82. The number of aliphatic imine (C=N–C) groups is 1. The number of furan rings is 1. The smallest absolute Gasteiger partial charge is 0.224 e. The summed E-state index contributed by atoms with van der Waals surface area (Å²) in [6, 6.07) is 11.3. The highest BCUT2D eigenvalue weighted by atomic mass is 16.3. The molecule has 0 unspecified atom stereocenters. The Bertz CT molecular complexity index is 760. The van der Waals surface area contributed by atoms with Crippen LogP contribution in [0.1, 0.15) is 16.1 Å². The molecule has 2 aliphatic heterocycles. The lowest BCUT2D eigenvalue weighted by molar-refractivity contribution is 0.102. The Morgan fingerprint density at radius 2 is 2.19 bits per heavy atom.